The van der Waals surface area contributed by atoms with E-state index in [-0.39, 0.29) is 0 Å². The van der Waals surface area contributed by atoms with Gasteiger partial charge in [-0.3, -0.25) is 0 Å². The Labute approximate surface area is 114 Å². The Morgan fingerprint density at radius 3 is 2.50 bits per heavy atom. The summed E-state index contributed by atoms with van der Waals surface area (Å²) in [5, 5.41) is 3.81. The summed E-state index contributed by atoms with van der Waals surface area (Å²) >= 11 is 0. The molecule has 0 heterocycles. The smallest absolute Gasteiger partial charge is 0.00699 e. The topological polar surface area (TPSA) is 15.3 Å². The molecule has 2 aliphatic carbocycles. The van der Waals surface area contributed by atoms with Crippen molar-refractivity contribution in [3.05, 3.63) is 0 Å². The third kappa shape index (κ3) is 4.55. The number of hydrogen-bond donors (Lipinski definition) is 1. The highest BCUT2D eigenvalue weighted by Crippen LogP contribution is 2.40. The first-order valence-electron chi connectivity index (χ1n) is 8.14. The summed E-state index contributed by atoms with van der Waals surface area (Å²) in [6.07, 6.45) is 13.1. The largest absolute Gasteiger partial charge is 0.314 e. The van der Waals surface area contributed by atoms with Crippen molar-refractivity contribution < 1.29 is 0 Å². The van der Waals surface area contributed by atoms with E-state index in [1.165, 1.54) is 70.9 Å². The summed E-state index contributed by atoms with van der Waals surface area (Å²) in [7, 11) is 4.33. The van der Waals surface area contributed by atoms with Crippen molar-refractivity contribution in [2.24, 2.45) is 11.8 Å². The second-order valence-electron chi connectivity index (χ2n) is 6.78. The first-order chi connectivity index (χ1) is 8.75. The van der Waals surface area contributed by atoms with Gasteiger partial charge in [-0.1, -0.05) is 25.7 Å². The number of rotatable bonds is 6. The van der Waals surface area contributed by atoms with Crippen LogP contribution >= 0.6 is 0 Å². The van der Waals surface area contributed by atoms with Crippen LogP contribution in [0.1, 0.15) is 57.8 Å². The van der Waals surface area contributed by atoms with Crippen molar-refractivity contribution in [1.29, 1.82) is 0 Å². The van der Waals surface area contributed by atoms with E-state index in [1.54, 1.807) is 0 Å². The molecule has 0 spiro atoms. The molecule has 0 radical (unpaired) electrons. The van der Waals surface area contributed by atoms with E-state index < -0.39 is 0 Å². The number of nitrogens with one attached hydrogen (secondary N) is 1. The summed E-state index contributed by atoms with van der Waals surface area (Å²) in [5.41, 5.74) is 0. The fourth-order valence-electron chi connectivity index (χ4n) is 3.92. The maximum absolute atomic E-state index is 3.81. The van der Waals surface area contributed by atoms with Crippen LogP contribution in [0, 0.1) is 11.8 Å². The fourth-order valence-corrected chi connectivity index (χ4v) is 3.92. The first kappa shape index (κ1) is 14.3. The van der Waals surface area contributed by atoms with Crippen LogP contribution in [-0.2, 0) is 0 Å². The third-order valence-corrected chi connectivity index (χ3v) is 5.00. The molecule has 2 rings (SSSR count). The standard InChI is InChI=1S/C16H32N2/c1-18(2)12-6-5-11-17-16-10-9-14-7-3-4-8-15(14)13-16/h14-17H,3-13H2,1-2H3. The van der Waals surface area contributed by atoms with Gasteiger partial charge < -0.3 is 10.2 Å². The Morgan fingerprint density at radius 1 is 0.944 bits per heavy atom. The van der Waals surface area contributed by atoms with Gasteiger partial charge in [0.05, 0.1) is 0 Å². The van der Waals surface area contributed by atoms with Crippen LogP contribution in [0.15, 0.2) is 0 Å². The molecular weight excluding hydrogens is 220 g/mol. The van der Waals surface area contributed by atoms with Crippen LogP contribution in [-0.4, -0.2) is 38.1 Å². The van der Waals surface area contributed by atoms with E-state index >= 15 is 0 Å². The molecule has 0 aliphatic heterocycles. The molecule has 0 aromatic rings. The summed E-state index contributed by atoms with van der Waals surface area (Å²) in [5.74, 6) is 2.15. The van der Waals surface area contributed by atoms with Crippen molar-refractivity contribution in [2.75, 3.05) is 27.2 Å². The van der Waals surface area contributed by atoms with Gasteiger partial charge in [-0.15, -0.1) is 0 Å². The van der Waals surface area contributed by atoms with Crippen molar-refractivity contribution in [1.82, 2.24) is 10.2 Å². The summed E-state index contributed by atoms with van der Waals surface area (Å²) in [6, 6.07) is 0.837. The van der Waals surface area contributed by atoms with Gasteiger partial charge in [0.1, 0.15) is 0 Å². The molecular formula is C16H32N2. The fraction of sp³-hybridized carbons (Fsp3) is 1.00. The second-order valence-corrected chi connectivity index (χ2v) is 6.78. The molecule has 0 bridgehead atoms. The lowest BCUT2D eigenvalue weighted by atomic mass is 9.69. The van der Waals surface area contributed by atoms with Gasteiger partial charge in [-0.2, -0.15) is 0 Å². The Bertz CT molecular complexity index is 227. The highest BCUT2D eigenvalue weighted by Gasteiger charge is 2.31. The van der Waals surface area contributed by atoms with Crippen LogP contribution in [0.5, 0.6) is 0 Å². The maximum atomic E-state index is 3.81. The van der Waals surface area contributed by atoms with Gasteiger partial charge >= 0.3 is 0 Å². The zero-order valence-electron chi connectivity index (χ0n) is 12.5. The Morgan fingerprint density at radius 2 is 1.72 bits per heavy atom. The molecule has 1 N–H and O–H groups in total. The van der Waals surface area contributed by atoms with Gasteiger partial charge in [-0.25, -0.2) is 0 Å². The summed E-state index contributed by atoms with van der Waals surface area (Å²) in [6.45, 7) is 2.47. The molecule has 106 valence electrons. The number of unbranched alkanes of at least 4 members (excludes halogenated alkanes) is 1. The minimum Gasteiger partial charge on any atom is -0.314 e. The van der Waals surface area contributed by atoms with E-state index in [1.807, 2.05) is 0 Å². The number of nitrogens with zero attached hydrogens (tertiary/aromatic N) is 1. The zero-order valence-corrected chi connectivity index (χ0v) is 12.5. The van der Waals surface area contributed by atoms with E-state index in [2.05, 4.69) is 24.3 Å². The van der Waals surface area contributed by atoms with Crippen LogP contribution in [0.3, 0.4) is 0 Å². The molecule has 0 aromatic carbocycles. The normalized spacial score (nSPS) is 32.5. The molecule has 2 saturated carbocycles. The molecule has 2 aliphatic rings. The van der Waals surface area contributed by atoms with Crippen molar-refractivity contribution in [2.45, 2.75) is 63.8 Å². The number of fused-ring (bicyclic) bond motifs is 1. The van der Waals surface area contributed by atoms with Gasteiger partial charge in [0, 0.05) is 6.04 Å². The second kappa shape index (κ2) is 7.49. The summed E-state index contributed by atoms with van der Waals surface area (Å²) < 4.78 is 0. The van der Waals surface area contributed by atoms with E-state index in [0.717, 1.165) is 17.9 Å². The Balaban J connectivity index is 1.57. The van der Waals surface area contributed by atoms with Gasteiger partial charge in [-0.05, 0) is 71.1 Å². The van der Waals surface area contributed by atoms with Gasteiger partial charge in [0.25, 0.3) is 0 Å². The molecule has 0 amide bonds. The van der Waals surface area contributed by atoms with Crippen LogP contribution in [0.2, 0.25) is 0 Å². The lowest BCUT2D eigenvalue weighted by Crippen LogP contribution is -2.39. The maximum Gasteiger partial charge on any atom is 0.00699 e. The highest BCUT2D eigenvalue weighted by molar-refractivity contribution is 4.86. The average Bonchev–Trinajstić information content (AvgIpc) is 2.38. The van der Waals surface area contributed by atoms with Crippen molar-refractivity contribution >= 4 is 0 Å². The quantitative estimate of drug-likeness (QED) is 0.730. The molecule has 3 atom stereocenters. The van der Waals surface area contributed by atoms with Crippen molar-refractivity contribution in [3.63, 3.8) is 0 Å². The van der Waals surface area contributed by atoms with E-state index in [0.29, 0.717) is 0 Å². The van der Waals surface area contributed by atoms with Crippen LogP contribution in [0.4, 0.5) is 0 Å². The molecule has 2 fully saturated rings. The minimum atomic E-state index is 0.837. The molecule has 18 heavy (non-hydrogen) atoms. The van der Waals surface area contributed by atoms with Gasteiger partial charge in [0.15, 0.2) is 0 Å². The van der Waals surface area contributed by atoms with E-state index in [9.17, 15) is 0 Å². The summed E-state index contributed by atoms with van der Waals surface area (Å²) in [4.78, 5) is 2.28. The molecule has 0 saturated heterocycles. The third-order valence-electron chi connectivity index (χ3n) is 5.00. The Kier molecular flexibility index (Phi) is 5.97. The molecule has 2 nitrogen and oxygen atoms in total. The lowest BCUT2D eigenvalue weighted by Gasteiger charge is -2.39. The number of hydrogen-bond acceptors (Lipinski definition) is 2. The average molecular weight is 252 g/mol. The van der Waals surface area contributed by atoms with E-state index in [4.69, 9.17) is 0 Å². The first-order valence-corrected chi connectivity index (χ1v) is 8.14. The van der Waals surface area contributed by atoms with Crippen LogP contribution in [0.25, 0.3) is 0 Å². The predicted molar refractivity (Wildman–Crippen MR) is 78.9 cm³/mol. The highest BCUT2D eigenvalue weighted by atomic mass is 15.0. The van der Waals surface area contributed by atoms with Crippen molar-refractivity contribution in [3.8, 4) is 0 Å². The molecule has 0 aromatic heterocycles. The SMILES string of the molecule is CN(C)CCCCNC1CCC2CCCCC2C1. The molecule has 2 heteroatoms. The minimum absolute atomic E-state index is 0.837. The molecule has 3 unspecified atom stereocenters. The Hall–Kier alpha value is -0.0800. The predicted octanol–water partition coefficient (Wildman–Crippen LogP) is 3.28. The zero-order chi connectivity index (χ0) is 12.8. The monoisotopic (exact) mass is 252 g/mol. The lowest BCUT2D eigenvalue weighted by molar-refractivity contribution is 0.143. The van der Waals surface area contributed by atoms with Crippen LogP contribution < -0.4 is 5.32 Å². The van der Waals surface area contributed by atoms with Gasteiger partial charge in [0.2, 0.25) is 0 Å².